The molecule has 1 aromatic rings. The Labute approximate surface area is 115 Å². The van der Waals surface area contributed by atoms with Gasteiger partial charge in [-0.2, -0.15) is 0 Å². The van der Waals surface area contributed by atoms with E-state index in [2.05, 4.69) is 29.2 Å². The third kappa shape index (κ3) is 3.36. The molecule has 0 radical (unpaired) electrons. The van der Waals surface area contributed by atoms with Crippen LogP contribution in [-0.2, 0) is 6.54 Å². The minimum absolute atomic E-state index is 0.737. The fraction of sp³-hybridized carbons (Fsp3) is 0.643. The molecule has 0 atom stereocenters. The molecule has 1 heterocycles. The highest BCUT2D eigenvalue weighted by Gasteiger charge is 2.19. The molecule has 0 spiro atoms. The largest absolute Gasteiger partial charge is 0.359 e. The molecule has 1 saturated carbocycles. The maximum Gasteiger partial charge on any atom is 0.128 e. The molecule has 4 heteroatoms. The number of hydrogen-bond donors (Lipinski definition) is 1. The van der Waals surface area contributed by atoms with Gasteiger partial charge < -0.3 is 10.2 Å². The van der Waals surface area contributed by atoms with Crippen molar-refractivity contribution in [2.45, 2.75) is 32.7 Å². The van der Waals surface area contributed by atoms with Crippen LogP contribution in [-0.4, -0.2) is 25.1 Å². The van der Waals surface area contributed by atoms with Crippen LogP contribution in [0.4, 0.5) is 5.82 Å². The number of anilines is 1. The summed E-state index contributed by atoms with van der Waals surface area (Å²) in [5.41, 5.74) is 0.941. The number of aromatic nitrogens is 1. The lowest BCUT2D eigenvalue weighted by molar-refractivity contribution is 0.321. The average Bonchev–Trinajstić information content (AvgIpc) is 2.32. The highest BCUT2D eigenvalue weighted by atomic mass is 35.5. The number of nitrogens with zero attached hydrogens (tertiary/aromatic N) is 2. The summed E-state index contributed by atoms with van der Waals surface area (Å²) in [7, 11) is 2.12. The Balaban J connectivity index is 2.02. The minimum atomic E-state index is 0.737. The van der Waals surface area contributed by atoms with Crippen molar-refractivity contribution in [1.29, 1.82) is 0 Å². The maximum absolute atomic E-state index is 6.16. The monoisotopic (exact) mass is 267 g/mol. The molecule has 0 saturated heterocycles. The van der Waals surface area contributed by atoms with E-state index in [9.17, 15) is 0 Å². The van der Waals surface area contributed by atoms with E-state index in [-0.39, 0.29) is 0 Å². The molecule has 3 nitrogen and oxygen atoms in total. The molecule has 1 aliphatic rings. The van der Waals surface area contributed by atoms with E-state index < -0.39 is 0 Å². The van der Waals surface area contributed by atoms with Gasteiger partial charge in [0, 0.05) is 20.1 Å². The Morgan fingerprint density at radius 1 is 1.44 bits per heavy atom. The molecule has 0 bridgehead atoms. The van der Waals surface area contributed by atoms with E-state index in [0.29, 0.717) is 0 Å². The first kappa shape index (κ1) is 13.6. The quantitative estimate of drug-likeness (QED) is 0.859. The first-order valence-electron chi connectivity index (χ1n) is 6.78. The van der Waals surface area contributed by atoms with Gasteiger partial charge in [0.15, 0.2) is 0 Å². The molecule has 1 aromatic heterocycles. The molecule has 18 heavy (non-hydrogen) atoms. The highest BCUT2D eigenvalue weighted by molar-refractivity contribution is 6.31. The van der Waals surface area contributed by atoms with Crippen molar-refractivity contribution in [2.75, 3.05) is 25.0 Å². The summed E-state index contributed by atoms with van der Waals surface area (Å²) in [6.45, 7) is 4.86. The van der Waals surface area contributed by atoms with Gasteiger partial charge in [0.05, 0.1) is 10.7 Å². The van der Waals surface area contributed by atoms with Crippen LogP contribution in [0.5, 0.6) is 0 Å². The lowest BCUT2D eigenvalue weighted by atomic mass is 9.85. The molecular weight excluding hydrogens is 246 g/mol. The number of halogens is 1. The topological polar surface area (TPSA) is 28.2 Å². The summed E-state index contributed by atoms with van der Waals surface area (Å²) in [5, 5.41) is 4.02. The Hall–Kier alpha value is -0.800. The second-order valence-corrected chi connectivity index (χ2v) is 5.46. The SMILES string of the molecule is CCNCc1nc(N(C)CC2CCC2)ccc1Cl. The summed E-state index contributed by atoms with van der Waals surface area (Å²) >= 11 is 6.16. The van der Waals surface area contributed by atoms with Gasteiger partial charge in [-0.1, -0.05) is 24.9 Å². The van der Waals surface area contributed by atoms with Crippen molar-refractivity contribution in [3.8, 4) is 0 Å². The zero-order valence-corrected chi connectivity index (χ0v) is 12.0. The maximum atomic E-state index is 6.16. The van der Waals surface area contributed by atoms with E-state index >= 15 is 0 Å². The number of pyridine rings is 1. The van der Waals surface area contributed by atoms with Crippen LogP contribution in [0.3, 0.4) is 0 Å². The van der Waals surface area contributed by atoms with E-state index in [1.54, 1.807) is 0 Å². The first-order chi connectivity index (χ1) is 8.70. The molecule has 0 aliphatic heterocycles. The number of hydrogen-bond acceptors (Lipinski definition) is 3. The summed E-state index contributed by atoms with van der Waals surface area (Å²) in [5.74, 6) is 1.88. The summed E-state index contributed by atoms with van der Waals surface area (Å²) < 4.78 is 0. The van der Waals surface area contributed by atoms with Gasteiger partial charge in [-0.15, -0.1) is 0 Å². The number of nitrogens with one attached hydrogen (secondary N) is 1. The lowest BCUT2D eigenvalue weighted by Gasteiger charge is -2.30. The van der Waals surface area contributed by atoms with Crippen LogP contribution in [0, 0.1) is 5.92 Å². The normalized spacial score (nSPS) is 15.5. The zero-order valence-electron chi connectivity index (χ0n) is 11.2. The van der Waals surface area contributed by atoms with Crippen molar-refractivity contribution in [3.63, 3.8) is 0 Å². The smallest absolute Gasteiger partial charge is 0.128 e. The van der Waals surface area contributed by atoms with E-state index in [1.165, 1.54) is 19.3 Å². The molecule has 0 unspecified atom stereocenters. The molecular formula is C14H22ClN3. The van der Waals surface area contributed by atoms with Crippen LogP contribution in [0.25, 0.3) is 0 Å². The van der Waals surface area contributed by atoms with Crippen molar-refractivity contribution < 1.29 is 0 Å². The predicted octanol–water partition coefficient (Wildman–Crippen LogP) is 3.08. The average molecular weight is 268 g/mol. The standard InChI is InChI=1S/C14H22ClN3/c1-3-16-9-13-12(15)7-8-14(17-13)18(2)10-11-5-4-6-11/h7-8,11,16H,3-6,9-10H2,1-2H3. The van der Waals surface area contributed by atoms with Gasteiger partial charge in [-0.3, -0.25) is 0 Å². The molecule has 1 fully saturated rings. The Morgan fingerprint density at radius 3 is 2.83 bits per heavy atom. The Kier molecular flexibility index (Phi) is 4.84. The lowest BCUT2D eigenvalue weighted by Crippen LogP contribution is -2.30. The summed E-state index contributed by atoms with van der Waals surface area (Å²) in [4.78, 5) is 6.90. The Morgan fingerprint density at radius 2 is 2.22 bits per heavy atom. The first-order valence-corrected chi connectivity index (χ1v) is 7.15. The van der Waals surface area contributed by atoms with Crippen molar-refractivity contribution >= 4 is 17.4 Å². The third-order valence-corrected chi connectivity index (χ3v) is 3.94. The van der Waals surface area contributed by atoms with E-state index in [1.807, 2.05) is 12.1 Å². The highest BCUT2D eigenvalue weighted by Crippen LogP contribution is 2.28. The van der Waals surface area contributed by atoms with Crippen LogP contribution in [0.2, 0.25) is 5.02 Å². The molecule has 1 aliphatic carbocycles. The van der Waals surface area contributed by atoms with Gasteiger partial charge in [-0.05, 0) is 37.4 Å². The van der Waals surface area contributed by atoms with Gasteiger partial charge >= 0.3 is 0 Å². The molecule has 0 amide bonds. The van der Waals surface area contributed by atoms with Crippen LogP contribution < -0.4 is 10.2 Å². The third-order valence-electron chi connectivity index (χ3n) is 3.59. The van der Waals surface area contributed by atoms with Crippen LogP contribution in [0.1, 0.15) is 31.9 Å². The van der Waals surface area contributed by atoms with Gasteiger partial charge in [0.2, 0.25) is 0 Å². The van der Waals surface area contributed by atoms with Crippen LogP contribution in [0.15, 0.2) is 12.1 Å². The van der Waals surface area contributed by atoms with Gasteiger partial charge in [-0.25, -0.2) is 4.98 Å². The van der Waals surface area contributed by atoms with Crippen molar-refractivity contribution in [1.82, 2.24) is 10.3 Å². The zero-order chi connectivity index (χ0) is 13.0. The second kappa shape index (κ2) is 6.39. The fourth-order valence-electron chi connectivity index (χ4n) is 2.21. The second-order valence-electron chi connectivity index (χ2n) is 5.06. The van der Waals surface area contributed by atoms with Crippen LogP contribution >= 0.6 is 11.6 Å². The predicted molar refractivity (Wildman–Crippen MR) is 77.2 cm³/mol. The van der Waals surface area contributed by atoms with Crippen molar-refractivity contribution in [2.24, 2.45) is 5.92 Å². The molecule has 100 valence electrons. The van der Waals surface area contributed by atoms with E-state index in [0.717, 1.165) is 42.1 Å². The summed E-state index contributed by atoms with van der Waals surface area (Å²) in [6.07, 6.45) is 4.11. The van der Waals surface area contributed by atoms with Gasteiger partial charge in [0.1, 0.15) is 5.82 Å². The van der Waals surface area contributed by atoms with Crippen molar-refractivity contribution in [3.05, 3.63) is 22.8 Å². The molecule has 1 N–H and O–H groups in total. The van der Waals surface area contributed by atoms with E-state index in [4.69, 9.17) is 11.6 Å². The Bertz CT molecular complexity index is 391. The summed E-state index contributed by atoms with van der Waals surface area (Å²) in [6, 6.07) is 3.96. The number of rotatable bonds is 6. The van der Waals surface area contributed by atoms with Gasteiger partial charge in [0.25, 0.3) is 0 Å². The molecule has 2 rings (SSSR count). The fourth-order valence-corrected chi connectivity index (χ4v) is 2.38. The minimum Gasteiger partial charge on any atom is -0.359 e. The molecule has 0 aromatic carbocycles.